The Morgan fingerprint density at radius 2 is 1.55 bits per heavy atom. The van der Waals surface area contributed by atoms with E-state index in [2.05, 4.69) is 29.9 Å². The summed E-state index contributed by atoms with van der Waals surface area (Å²) in [6.07, 6.45) is 2.69. The third-order valence-corrected chi connectivity index (χ3v) is 53.0. The molecule has 0 aliphatic heterocycles. The van der Waals surface area contributed by atoms with Gasteiger partial charge in [-0.05, 0) is 0 Å². The predicted molar refractivity (Wildman–Crippen MR) is 58.9 cm³/mol. The maximum absolute atomic E-state index is 6.45. The van der Waals surface area contributed by atoms with E-state index in [-0.39, 0.29) is 0 Å². The molecule has 0 aromatic heterocycles. The summed E-state index contributed by atoms with van der Waals surface area (Å²) >= 11 is -3.17. The molecule has 1 atom stereocenters. The Morgan fingerprint density at radius 3 is 1.82 bits per heavy atom. The van der Waals surface area contributed by atoms with Gasteiger partial charge >= 0.3 is 75.6 Å². The van der Waals surface area contributed by atoms with E-state index < -0.39 is 22.8 Å². The van der Waals surface area contributed by atoms with Gasteiger partial charge in [0.05, 0.1) is 0 Å². The zero-order valence-electron chi connectivity index (χ0n) is 8.70. The van der Waals surface area contributed by atoms with Crippen molar-refractivity contribution in [3.05, 3.63) is 0 Å². The van der Waals surface area contributed by atoms with E-state index in [4.69, 9.17) is 4.69 Å². The fourth-order valence-corrected chi connectivity index (χ4v) is 14.9. The number of nitrogens with two attached hydrogens (primary N) is 1. The van der Waals surface area contributed by atoms with Gasteiger partial charge in [0.15, 0.2) is 0 Å². The van der Waals surface area contributed by atoms with Crippen LogP contribution >= 0.6 is 0 Å². The van der Waals surface area contributed by atoms with Gasteiger partial charge in [0.25, 0.3) is 0 Å². The van der Waals surface area contributed by atoms with Crippen LogP contribution in [0.3, 0.4) is 0 Å². The second-order valence-electron chi connectivity index (χ2n) is 4.77. The molecule has 0 saturated heterocycles. The van der Waals surface area contributed by atoms with Crippen molar-refractivity contribution in [3.8, 4) is 0 Å². The molecule has 0 spiro atoms. The van der Waals surface area contributed by atoms with Gasteiger partial charge in [-0.3, -0.25) is 0 Å². The van der Waals surface area contributed by atoms with E-state index >= 15 is 0 Å². The van der Waals surface area contributed by atoms with Crippen molar-refractivity contribution in [2.45, 2.75) is 48.0 Å². The molecule has 0 bridgehead atoms. The molecular formula is C8H23Ge2N. The van der Waals surface area contributed by atoms with E-state index in [1.54, 1.807) is 0 Å². The van der Waals surface area contributed by atoms with Gasteiger partial charge in [0.2, 0.25) is 0 Å². The number of rotatable bonds is 4. The molecule has 0 aliphatic rings. The summed E-state index contributed by atoms with van der Waals surface area (Å²) in [5.74, 6) is 9.87. The number of hydrogen-bond donors (Lipinski definition) is 1. The Balaban J connectivity index is 4.00. The SMILES string of the molecule is CCC[CH2][Ge]([CH3])([NH2])[Ge]([CH3])([CH3])[CH3]. The van der Waals surface area contributed by atoms with E-state index in [1.165, 1.54) is 18.1 Å². The number of unbranched alkanes of at least 4 members (excludes halogenated alkanes) is 1. The van der Waals surface area contributed by atoms with Crippen LogP contribution < -0.4 is 4.69 Å². The van der Waals surface area contributed by atoms with E-state index in [0.29, 0.717) is 0 Å². The molecule has 0 aliphatic carbocycles. The minimum absolute atomic E-state index is 1.32. The Kier molecular flexibility index (Phi) is 4.74. The molecule has 0 amide bonds. The topological polar surface area (TPSA) is 26.0 Å². The van der Waals surface area contributed by atoms with Crippen molar-refractivity contribution < 1.29 is 0 Å². The van der Waals surface area contributed by atoms with Gasteiger partial charge in [-0.1, -0.05) is 0 Å². The van der Waals surface area contributed by atoms with Crippen LogP contribution in [0.25, 0.3) is 0 Å². The van der Waals surface area contributed by atoms with Crippen molar-refractivity contribution in [1.82, 2.24) is 0 Å². The standard InChI is InChI=1S/C8H23Ge2N/c1-6-7-8-10(5,11)9(2,3)4/h6-8,11H2,1-5H3. The average Bonchev–Trinajstić information content (AvgIpc) is 1.81. The van der Waals surface area contributed by atoms with Crippen molar-refractivity contribution in [1.29, 1.82) is 0 Å². The first-order valence-corrected chi connectivity index (χ1v) is 22.2. The molecule has 1 unspecified atom stereocenters. The van der Waals surface area contributed by atoms with E-state index in [1.807, 2.05) is 0 Å². The minimum atomic E-state index is -1.73. The molecule has 0 rings (SSSR count). The Morgan fingerprint density at radius 1 is 1.09 bits per heavy atom. The monoisotopic (exact) mass is 281 g/mol. The molecule has 0 fully saturated rings. The summed E-state index contributed by atoms with van der Waals surface area (Å²) in [6.45, 7) is 2.26. The van der Waals surface area contributed by atoms with Crippen LogP contribution in [0, 0.1) is 0 Å². The van der Waals surface area contributed by atoms with Crippen LogP contribution in [-0.2, 0) is 0 Å². The van der Waals surface area contributed by atoms with Crippen LogP contribution in [0.1, 0.15) is 19.8 Å². The van der Waals surface area contributed by atoms with Crippen LogP contribution in [0.2, 0.25) is 28.3 Å². The third kappa shape index (κ3) is 3.99. The van der Waals surface area contributed by atoms with Crippen molar-refractivity contribution >= 4 is 22.8 Å². The summed E-state index contributed by atoms with van der Waals surface area (Å²) in [5, 5.41) is 1.40. The fourth-order valence-electron chi connectivity index (χ4n) is 0.919. The van der Waals surface area contributed by atoms with Crippen molar-refractivity contribution in [2.75, 3.05) is 0 Å². The average molecular weight is 278 g/mol. The molecule has 1 nitrogen and oxygen atoms in total. The van der Waals surface area contributed by atoms with Gasteiger partial charge in [0, 0.05) is 0 Å². The summed E-state index contributed by atoms with van der Waals surface area (Å²) in [6, 6.07) is 0. The Hall–Kier alpha value is 1.05. The van der Waals surface area contributed by atoms with Gasteiger partial charge in [-0.15, -0.1) is 0 Å². The predicted octanol–water partition coefficient (Wildman–Crippen LogP) is 2.74. The van der Waals surface area contributed by atoms with Crippen molar-refractivity contribution in [2.24, 2.45) is 4.69 Å². The molecule has 0 saturated carbocycles. The first-order valence-electron chi connectivity index (χ1n) is 4.60. The van der Waals surface area contributed by atoms with Gasteiger partial charge < -0.3 is 0 Å². The number of hydrogen-bond acceptors (Lipinski definition) is 1. The molecule has 0 aromatic rings. The first-order chi connectivity index (χ1) is 4.81. The zero-order chi connectivity index (χ0) is 9.12. The molecule has 2 N–H and O–H groups in total. The third-order valence-electron chi connectivity index (χ3n) is 2.76. The zero-order valence-corrected chi connectivity index (χ0v) is 12.9. The van der Waals surface area contributed by atoms with E-state index in [9.17, 15) is 0 Å². The van der Waals surface area contributed by atoms with Gasteiger partial charge in [0.1, 0.15) is 0 Å². The van der Waals surface area contributed by atoms with Crippen LogP contribution in [0.5, 0.6) is 0 Å². The molecule has 0 radical (unpaired) electrons. The Labute approximate surface area is 75.5 Å². The van der Waals surface area contributed by atoms with Crippen LogP contribution in [0.4, 0.5) is 0 Å². The molecule has 68 valence electrons. The summed E-state index contributed by atoms with van der Waals surface area (Å²) in [5.41, 5.74) is 0. The normalized spacial score (nSPS) is 18.0. The molecule has 0 aromatic carbocycles. The molecule has 3 heteroatoms. The second-order valence-corrected chi connectivity index (χ2v) is 50.0. The summed E-state index contributed by atoms with van der Waals surface area (Å²) < 4.78 is 6.45. The quantitative estimate of drug-likeness (QED) is 0.786. The first kappa shape index (κ1) is 12.0. The van der Waals surface area contributed by atoms with E-state index in [0.717, 1.165) is 0 Å². The second kappa shape index (κ2) is 4.33. The summed E-state index contributed by atoms with van der Waals surface area (Å²) in [4.78, 5) is 0. The molecular weight excluding hydrogens is 255 g/mol. The Bertz CT molecular complexity index is 116. The fraction of sp³-hybridized carbons (Fsp3) is 1.00. The van der Waals surface area contributed by atoms with Gasteiger partial charge in [-0.2, -0.15) is 0 Å². The van der Waals surface area contributed by atoms with Crippen LogP contribution in [-0.4, -0.2) is 22.8 Å². The maximum atomic E-state index is 6.45. The van der Waals surface area contributed by atoms with Gasteiger partial charge in [-0.25, -0.2) is 0 Å². The van der Waals surface area contributed by atoms with Crippen LogP contribution in [0.15, 0.2) is 0 Å². The molecule has 0 heterocycles. The summed E-state index contributed by atoms with van der Waals surface area (Å²) in [7, 11) is 0. The van der Waals surface area contributed by atoms with Crippen molar-refractivity contribution in [3.63, 3.8) is 0 Å². The molecule has 11 heavy (non-hydrogen) atoms.